The fraction of sp³-hybridized carbons (Fsp3) is 0.625. The smallest absolute Gasteiger partial charge is 0.124 e. The Labute approximate surface area is 128 Å². The lowest BCUT2D eigenvalue weighted by Crippen LogP contribution is -2.52. The van der Waals surface area contributed by atoms with Gasteiger partial charge in [-0.15, -0.1) is 0 Å². The maximum atomic E-state index is 13.3. The zero-order valence-corrected chi connectivity index (χ0v) is 13.4. The lowest BCUT2D eigenvalue weighted by atomic mass is 9.81. The van der Waals surface area contributed by atoms with Crippen molar-refractivity contribution in [3.8, 4) is 0 Å². The molecule has 1 spiro atoms. The third-order valence-electron chi connectivity index (χ3n) is 4.66. The molecule has 1 saturated carbocycles. The molecular weight excluding hydrogens is 319 g/mol. The van der Waals surface area contributed by atoms with Gasteiger partial charge in [-0.05, 0) is 59.9 Å². The summed E-state index contributed by atoms with van der Waals surface area (Å²) in [6.45, 7) is 3.17. The van der Waals surface area contributed by atoms with Crippen LogP contribution in [0.1, 0.15) is 38.5 Å². The van der Waals surface area contributed by atoms with E-state index in [0.717, 1.165) is 36.2 Å². The normalized spacial score (nSPS) is 22.8. The summed E-state index contributed by atoms with van der Waals surface area (Å²) in [6.07, 6.45) is 7.69. The lowest BCUT2D eigenvalue weighted by Gasteiger charge is -2.40. The number of nitrogens with zero attached hydrogens (tertiary/aromatic N) is 1. The van der Waals surface area contributed by atoms with Crippen molar-refractivity contribution in [2.75, 3.05) is 24.5 Å². The van der Waals surface area contributed by atoms with Gasteiger partial charge in [0.1, 0.15) is 5.82 Å². The molecule has 0 atom stereocenters. The summed E-state index contributed by atoms with van der Waals surface area (Å²) in [5, 5.41) is 3.80. The zero-order chi connectivity index (χ0) is 14.0. The van der Waals surface area contributed by atoms with Crippen LogP contribution >= 0.6 is 15.9 Å². The van der Waals surface area contributed by atoms with E-state index >= 15 is 0 Å². The Morgan fingerprint density at radius 2 is 1.95 bits per heavy atom. The molecule has 0 aromatic heterocycles. The molecule has 2 aliphatic rings. The van der Waals surface area contributed by atoms with E-state index in [-0.39, 0.29) is 11.4 Å². The first kappa shape index (κ1) is 14.3. The highest BCUT2D eigenvalue weighted by Gasteiger charge is 2.35. The monoisotopic (exact) mass is 340 g/mol. The second-order valence-corrected chi connectivity index (χ2v) is 6.99. The third kappa shape index (κ3) is 3.01. The van der Waals surface area contributed by atoms with Gasteiger partial charge in [0.15, 0.2) is 0 Å². The second kappa shape index (κ2) is 6.02. The number of nitrogens with one attached hydrogen (secondary N) is 1. The maximum Gasteiger partial charge on any atom is 0.124 e. The fourth-order valence-corrected chi connectivity index (χ4v) is 4.23. The van der Waals surface area contributed by atoms with Crippen molar-refractivity contribution in [3.63, 3.8) is 0 Å². The molecule has 110 valence electrons. The van der Waals surface area contributed by atoms with Gasteiger partial charge >= 0.3 is 0 Å². The highest BCUT2D eigenvalue weighted by molar-refractivity contribution is 9.10. The van der Waals surface area contributed by atoms with Crippen LogP contribution < -0.4 is 10.2 Å². The third-order valence-corrected chi connectivity index (χ3v) is 5.29. The van der Waals surface area contributed by atoms with E-state index in [1.165, 1.54) is 32.1 Å². The number of hydrogen-bond donors (Lipinski definition) is 1. The van der Waals surface area contributed by atoms with Gasteiger partial charge in [0.25, 0.3) is 0 Å². The van der Waals surface area contributed by atoms with Gasteiger partial charge in [0.2, 0.25) is 0 Å². The largest absolute Gasteiger partial charge is 0.369 e. The van der Waals surface area contributed by atoms with Crippen LogP contribution in [0.3, 0.4) is 0 Å². The van der Waals surface area contributed by atoms with Gasteiger partial charge in [-0.2, -0.15) is 0 Å². The van der Waals surface area contributed by atoms with Crippen LogP contribution in [0.25, 0.3) is 0 Å². The van der Waals surface area contributed by atoms with E-state index in [4.69, 9.17) is 0 Å². The molecular formula is C16H22BrFN2. The quantitative estimate of drug-likeness (QED) is 0.828. The van der Waals surface area contributed by atoms with Crippen molar-refractivity contribution >= 4 is 21.6 Å². The van der Waals surface area contributed by atoms with Gasteiger partial charge in [0, 0.05) is 23.1 Å². The number of hydrogen-bond acceptors (Lipinski definition) is 2. The minimum Gasteiger partial charge on any atom is -0.369 e. The Balaban J connectivity index is 1.84. The Bertz CT molecular complexity index is 472. The van der Waals surface area contributed by atoms with Crippen molar-refractivity contribution < 1.29 is 4.39 Å². The summed E-state index contributed by atoms with van der Waals surface area (Å²) in [4.78, 5) is 2.43. The summed E-state index contributed by atoms with van der Waals surface area (Å²) >= 11 is 3.52. The number of benzene rings is 1. The topological polar surface area (TPSA) is 15.3 Å². The van der Waals surface area contributed by atoms with Crippen LogP contribution in [0.5, 0.6) is 0 Å². The molecule has 1 aliphatic heterocycles. The van der Waals surface area contributed by atoms with Crippen LogP contribution in [-0.4, -0.2) is 25.2 Å². The van der Waals surface area contributed by atoms with E-state index < -0.39 is 0 Å². The van der Waals surface area contributed by atoms with Crippen molar-refractivity contribution in [3.05, 3.63) is 28.5 Å². The summed E-state index contributed by atoms with van der Waals surface area (Å²) in [7, 11) is 0. The minimum absolute atomic E-state index is 0.180. The summed E-state index contributed by atoms with van der Waals surface area (Å²) in [5.74, 6) is -0.180. The standard InChI is InChI=1S/C16H22BrFN2/c17-14-11-13(18)5-6-15(14)20-10-4-9-19-16(12-20)7-2-1-3-8-16/h5-6,11,19H,1-4,7-10,12H2. The van der Waals surface area contributed by atoms with E-state index in [1.807, 2.05) is 6.07 Å². The zero-order valence-electron chi connectivity index (χ0n) is 11.8. The molecule has 1 aromatic rings. The molecule has 1 N–H and O–H groups in total. The van der Waals surface area contributed by atoms with E-state index in [0.29, 0.717) is 0 Å². The Morgan fingerprint density at radius 1 is 1.15 bits per heavy atom. The molecule has 1 aromatic carbocycles. The maximum absolute atomic E-state index is 13.3. The molecule has 0 bridgehead atoms. The molecule has 1 aliphatic carbocycles. The van der Waals surface area contributed by atoms with Crippen LogP contribution in [0.15, 0.2) is 22.7 Å². The minimum atomic E-state index is -0.180. The van der Waals surface area contributed by atoms with Gasteiger partial charge in [-0.3, -0.25) is 0 Å². The highest BCUT2D eigenvalue weighted by Crippen LogP contribution is 2.34. The van der Waals surface area contributed by atoms with Crippen molar-refractivity contribution in [2.24, 2.45) is 0 Å². The Hall–Kier alpha value is -0.610. The SMILES string of the molecule is Fc1ccc(N2CCCNC3(CCCCC3)C2)c(Br)c1. The Morgan fingerprint density at radius 3 is 2.70 bits per heavy atom. The first-order valence-corrected chi connectivity index (χ1v) is 8.43. The lowest BCUT2D eigenvalue weighted by molar-refractivity contribution is 0.246. The van der Waals surface area contributed by atoms with Gasteiger partial charge in [-0.1, -0.05) is 19.3 Å². The van der Waals surface area contributed by atoms with E-state index in [2.05, 4.69) is 26.1 Å². The first-order chi connectivity index (χ1) is 9.69. The highest BCUT2D eigenvalue weighted by atomic mass is 79.9. The molecule has 2 fully saturated rings. The summed E-state index contributed by atoms with van der Waals surface area (Å²) in [5.41, 5.74) is 1.39. The van der Waals surface area contributed by atoms with Crippen molar-refractivity contribution in [2.45, 2.75) is 44.1 Å². The molecule has 20 heavy (non-hydrogen) atoms. The summed E-state index contributed by atoms with van der Waals surface area (Å²) in [6, 6.07) is 5.04. The number of halogens is 2. The second-order valence-electron chi connectivity index (χ2n) is 6.14. The van der Waals surface area contributed by atoms with Crippen LogP contribution in [0.2, 0.25) is 0 Å². The molecule has 2 nitrogen and oxygen atoms in total. The molecule has 0 unspecified atom stereocenters. The predicted octanol–water partition coefficient (Wildman–Crippen LogP) is 4.09. The van der Waals surface area contributed by atoms with Gasteiger partial charge in [-0.25, -0.2) is 4.39 Å². The molecule has 0 amide bonds. The average molecular weight is 341 g/mol. The van der Waals surface area contributed by atoms with Crippen LogP contribution in [0.4, 0.5) is 10.1 Å². The van der Waals surface area contributed by atoms with Crippen LogP contribution in [0, 0.1) is 5.82 Å². The Kier molecular flexibility index (Phi) is 4.32. The molecule has 1 saturated heterocycles. The molecule has 0 radical (unpaired) electrons. The van der Waals surface area contributed by atoms with E-state index in [9.17, 15) is 4.39 Å². The number of anilines is 1. The van der Waals surface area contributed by atoms with Crippen molar-refractivity contribution in [1.82, 2.24) is 5.32 Å². The average Bonchev–Trinajstić information content (AvgIpc) is 2.63. The number of rotatable bonds is 1. The molecule has 4 heteroatoms. The first-order valence-electron chi connectivity index (χ1n) is 7.64. The fourth-order valence-electron chi connectivity index (χ4n) is 3.63. The van der Waals surface area contributed by atoms with E-state index in [1.54, 1.807) is 12.1 Å². The van der Waals surface area contributed by atoms with Gasteiger partial charge in [0.05, 0.1) is 5.69 Å². The van der Waals surface area contributed by atoms with Crippen molar-refractivity contribution in [1.29, 1.82) is 0 Å². The summed E-state index contributed by atoms with van der Waals surface area (Å²) < 4.78 is 14.1. The van der Waals surface area contributed by atoms with Crippen LogP contribution in [-0.2, 0) is 0 Å². The molecule has 1 heterocycles. The molecule has 3 rings (SSSR count). The predicted molar refractivity (Wildman–Crippen MR) is 84.7 cm³/mol. The van der Waals surface area contributed by atoms with Gasteiger partial charge < -0.3 is 10.2 Å².